The van der Waals surface area contributed by atoms with E-state index >= 15 is 0 Å². The van der Waals surface area contributed by atoms with Crippen molar-refractivity contribution < 1.29 is 9.59 Å². The van der Waals surface area contributed by atoms with Gasteiger partial charge in [-0.3, -0.25) is 9.59 Å². The third-order valence-electron chi connectivity index (χ3n) is 3.49. The van der Waals surface area contributed by atoms with Crippen molar-refractivity contribution in [3.05, 3.63) is 41.5 Å². The number of Topliss-reactive ketones (excluding diaryl/α,β-unsaturated/α-hetero) is 1. The maximum absolute atomic E-state index is 12.8. The van der Waals surface area contributed by atoms with Gasteiger partial charge in [-0.25, -0.2) is 0 Å². The summed E-state index contributed by atoms with van der Waals surface area (Å²) < 4.78 is 0. The Labute approximate surface area is 127 Å². The van der Waals surface area contributed by atoms with Crippen LogP contribution in [0.3, 0.4) is 0 Å². The predicted octanol–water partition coefficient (Wildman–Crippen LogP) is 3.69. The number of hydrogen-bond acceptors (Lipinski definition) is 2. The zero-order chi connectivity index (χ0) is 16.2. The van der Waals surface area contributed by atoms with E-state index in [1.54, 1.807) is 4.90 Å². The van der Waals surface area contributed by atoms with E-state index in [1.807, 2.05) is 65.0 Å². The predicted molar refractivity (Wildman–Crippen MR) is 86.8 cm³/mol. The topological polar surface area (TPSA) is 37.4 Å². The zero-order valence-electron chi connectivity index (χ0n) is 13.8. The monoisotopic (exact) mass is 287 g/mol. The summed E-state index contributed by atoms with van der Waals surface area (Å²) in [5.41, 5.74) is 1.92. The fourth-order valence-electron chi connectivity index (χ4n) is 2.60. The van der Waals surface area contributed by atoms with Crippen LogP contribution in [0.25, 0.3) is 5.57 Å². The third-order valence-corrected chi connectivity index (χ3v) is 3.49. The van der Waals surface area contributed by atoms with Crippen molar-refractivity contribution in [1.82, 2.24) is 4.90 Å². The van der Waals surface area contributed by atoms with Gasteiger partial charge in [0.25, 0.3) is 5.91 Å². The molecule has 0 bridgehead atoms. The Balaban J connectivity index is 3.36. The Morgan fingerprint density at radius 1 is 0.905 bits per heavy atom. The lowest BCUT2D eigenvalue weighted by Gasteiger charge is -2.31. The Morgan fingerprint density at radius 2 is 1.38 bits per heavy atom. The molecule has 0 aliphatic heterocycles. The molecule has 1 amide bonds. The average molecular weight is 287 g/mol. The summed E-state index contributed by atoms with van der Waals surface area (Å²) >= 11 is 0. The fourth-order valence-corrected chi connectivity index (χ4v) is 2.60. The van der Waals surface area contributed by atoms with E-state index in [1.165, 1.54) is 6.92 Å². The van der Waals surface area contributed by atoms with Crippen LogP contribution in [0, 0.1) is 0 Å². The second-order valence-electron chi connectivity index (χ2n) is 5.82. The highest BCUT2D eigenvalue weighted by molar-refractivity contribution is 6.23. The number of nitrogens with zero attached hydrogens (tertiary/aromatic N) is 1. The maximum Gasteiger partial charge on any atom is 0.258 e. The van der Waals surface area contributed by atoms with Gasteiger partial charge in [-0.1, -0.05) is 30.3 Å². The molecule has 0 saturated carbocycles. The summed E-state index contributed by atoms with van der Waals surface area (Å²) in [5.74, 6) is -0.374. The summed E-state index contributed by atoms with van der Waals surface area (Å²) in [6.45, 7) is 11.2. The van der Waals surface area contributed by atoms with Crippen LogP contribution in [0.15, 0.2) is 35.9 Å². The largest absolute Gasteiger partial charge is 0.334 e. The molecule has 0 fully saturated rings. The van der Waals surface area contributed by atoms with Crippen molar-refractivity contribution in [2.24, 2.45) is 0 Å². The number of amides is 1. The molecule has 0 aliphatic carbocycles. The van der Waals surface area contributed by atoms with E-state index in [9.17, 15) is 9.59 Å². The maximum atomic E-state index is 12.8. The van der Waals surface area contributed by atoms with E-state index in [0.717, 1.165) is 11.1 Å². The second-order valence-corrected chi connectivity index (χ2v) is 5.82. The lowest BCUT2D eigenvalue weighted by molar-refractivity contribution is -0.132. The number of carbonyl (C=O) groups is 2. The third kappa shape index (κ3) is 4.03. The van der Waals surface area contributed by atoms with Crippen LogP contribution in [0.4, 0.5) is 0 Å². The van der Waals surface area contributed by atoms with E-state index in [-0.39, 0.29) is 29.3 Å². The summed E-state index contributed by atoms with van der Waals surface area (Å²) in [7, 11) is 0. The van der Waals surface area contributed by atoms with Gasteiger partial charge in [-0.2, -0.15) is 0 Å². The first kappa shape index (κ1) is 17.2. The summed E-state index contributed by atoms with van der Waals surface area (Å²) in [4.78, 5) is 26.6. The molecular formula is C18H25NO2. The van der Waals surface area contributed by atoms with Crippen molar-refractivity contribution in [1.29, 1.82) is 0 Å². The van der Waals surface area contributed by atoms with Crippen molar-refractivity contribution in [3.8, 4) is 0 Å². The summed E-state index contributed by atoms with van der Waals surface area (Å²) in [6, 6.07) is 9.67. The minimum Gasteiger partial charge on any atom is -0.334 e. The Bertz CT molecular complexity index is 534. The van der Waals surface area contributed by atoms with Gasteiger partial charge < -0.3 is 4.90 Å². The van der Waals surface area contributed by atoms with Gasteiger partial charge in [0.1, 0.15) is 0 Å². The molecule has 114 valence electrons. The molecular weight excluding hydrogens is 262 g/mol. The Hall–Kier alpha value is -1.90. The summed E-state index contributed by atoms with van der Waals surface area (Å²) in [5, 5.41) is 0. The molecule has 0 N–H and O–H groups in total. The van der Waals surface area contributed by atoms with Gasteiger partial charge in [-0.05, 0) is 52.7 Å². The van der Waals surface area contributed by atoms with Crippen LogP contribution in [-0.4, -0.2) is 28.7 Å². The number of benzene rings is 1. The second kappa shape index (κ2) is 7.21. The highest BCUT2D eigenvalue weighted by Gasteiger charge is 2.27. The first-order valence-electron chi connectivity index (χ1n) is 7.37. The number of carbonyl (C=O) groups excluding carboxylic acids is 2. The number of allylic oxidation sites excluding steroid dienone is 1. The molecule has 21 heavy (non-hydrogen) atoms. The molecule has 0 saturated heterocycles. The van der Waals surface area contributed by atoms with Gasteiger partial charge in [0, 0.05) is 12.1 Å². The van der Waals surface area contributed by atoms with Crippen molar-refractivity contribution >= 4 is 17.3 Å². The molecule has 1 aromatic rings. The number of ketones is 1. The first-order chi connectivity index (χ1) is 9.77. The Morgan fingerprint density at radius 3 is 1.76 bits per heavy atom. The van der Waals surface area contributed by atoms with Gasteiger partial charge in [0.15, 0.2) is 5.78 Å². The average Bonchev–Trinajstić information content (AvgIpc) is 2.38. The molecule has 3 heteroatoms. The molecule has 0 unspecified atom stereocenters. The van der Waals surface area contributed by atoms with Crippen LogP contribution in [-0.2, 0) is 9.59 Å². The number of hydrogen-bond donors (Lipinski definition) is 0. The zero-order valence-corrected chi connectivity index (χ0v) is 13.8. The molecule has 0 aliphatic rings. The Kier molecular flexibility index (Phi) is 5.89. The minimum atomic E-state index is -0.187. The van der Waals surface area contributed by atoms with Crippen LogP contribution < -0.4 is 0 Å². The standard InChI is InChI=1S/C18H25NO2/c1-12(2)19(13(3)4)18(21)17(15(6)20)14(5)16-10-8-7-9-11-16/h7-13H,1-6H3. The molecule has 0 aromatic heterocycles. The van der Waals surface area contributed by atoms with E-state index in [0.29, 0.717) is 0 Å². The minimum absolute atomic E-state index is 0.0513. The lowest BCUT2D eigenvalue weighted by atomic mass is 9.97. The van der Waals surface area contributed by atoms with Gasteiger partial charge in [0.2, 0.25) is 0 Å². The molecule has 3 nitrogen and oxygen atoms in total. The normalized spacial score (nSPS) is 12.4. The van der Waals surface area contributed by atoms with E-state index in [4.69, 9.17) is 0 Å². The van der Waals surface area contributed by atoms with Gasteiger partial charge >= 0.3 is 0 Å². The smallest absolute Gasteiger partial charge is 0.258 e. The fraction of sp³-hybridized carbons (Fsp3) is 0.444. The molecule has 0 spiro atoms. The van der Waals surface area contributed by atoms with Crippen LogP contribution in [0.2, 0.25) is 0 Å². The lowest BCUT2D eigenvalue weighted by Crippen LogP contribution is -2.44. The summed E-state index contributed by atoms with van der Waals surface area (Å²) in [6.07, 6.45) is 0. The molecule has 0 heterocycles. The van der Waals surface area contributed by atoms with Crippen molar-refractivity contribution in [2.45, 2.75) is 53.6 Å². The van der Waals surface area contributed by atoms with Gasteiger partial charge in [-0.15, -0.1) is 0 Å². The highest BCUT2D eigenvalue weighted by Crippen LogP contribution is 2.22. The molecule has 1 aromatic carbocycles. The van der Waals surface area contributed by atoms with E-state index < -0.39 is 0 Å². The molecule has 0 radical (unpaired) electrons. The van der Waals surface area contributed by atoms with Crippen LogP contribution >= 0.6 is 0 Å². The van der Waals surface area contributed by atoms with Crippen LogP contribution in [0.1, 0.15) is 47.1 Å². The van der Waals surface area contributed by atoms with Gasteiger partial charge in [0.05, 0.1) is 5.57 Å². The first-order valence-corrected chi connectivity index (χ1v) is 7.37. The molecule has 1 rings (SSSR count). The van der Waals surface area contributed by atoms with Crippen LogP contribution in [0.5, 0.6) is 0 Å². The van der Waals surface area contributed by atoms with Crippen molar-refractivity contribution in [3.63, 3.8) is 0 Å². The SMILES string of the molecule is CC(=O)C(C(=O)N(C(C)C)C(C)C)=C(C)c1ccccc1. The highest BCUT2D eigenvalue weighted by atomic mass is 16.2. The molecule has 0 atom stereocenters. The number of rotatable bonds is 5. The van der Waals surface area contributed by atoms with E-state index in [2.05, 4.69) is 0 Å². The quantitative estimate of drug-likeness (QED) is 0.470. The van der Waals surface area contributed by atoms with Crippen molar-refractivity contribution in [2.75, 3.05) is 0 Å².